The van der Waals surface area contributed by atoms with Crippen LogP contribution in [0.25, 0.3) is 0 Å². The van der Waals surface area contributed by atoms with Crippen molar-refractivity contribution >= 4 is 5.91 Å². The fourth-order valence-electron chi connectivity index (χ4n) is 1.66. The first-order valence-electron chi connectivity index (χ1n) is 5.92. The number of nitrogens with zero attached hydrogens (tertiary/aromatic N) is 2. The molecule has 1 heterocycles. The molecule has 0 aromatic carbocycles. The van der Waals surface area contributed by atoms with E-state index in [1.54, 1.807) is 6.07 Å². The van der Waals surface area contributed by atoms with Crippen molar-refractivity contribution in [3.8, 4) is 0 Å². The SMILES string of the molecule is CCC(CC)(CN)CNC(=O)c1ccnnc1. The molecule has 1 aromatic heterocycles. The van der Waals surface area contributed by atoms with Crippen LogP contribution in [0.1, 0.15) is 37.0 Å². The van der Waals surface area contributed by atoms with E-state index in [4.69, 9.17) is 5.73 Å². The van der Waals surface area contributed by atoms with E-state index < -0.39 is 0 Å². The number of carbonyl (C=O) groups excluding carboxylic acids is 1. The monoisotopic (exact) mass is 236 g/mol. The van der Waals surface area contributed by atoms with E-state index in [1.807, 2.05) is 0 Å². The average Bonchev–Trinajstić information content (AvgIpc) is 2.41. The lowest BCUT2D eigenvalue weighted by Gasteiger charge is -2.30. The normalized spacial score (nSPS) is 11.2. The summed E-state index contributed by atoms with van der Waals surface area (Å²) in [5.41, 5.74) is 6.30. The molecule has 0 unspecified atom stereocenters. The smallest absolute Gasteiger partial charge is 0.252 e. The molecule has 3 N–H and O–H groups in total. The number of amides is 1. The molecule has 0 saturated carbocycles. The second kappa shape index (κ2) is 6.30. The van der Waals surface area contributed by atoms with Gasteiger partial charge in [-0.25, -0.2) is 0 Å². The number of nitrogens with two attached hydrogens (primary N) is 1. The van der Waals surface area contributed by atoms with Gasteiger partial charge in [-0.2, -0.15) is 10.2 Å². The molecule has 0 saturated heterocycles. The Bertz CT molecular complexity index is 341. The van der Waals surface area contributed by atoms with Crippen LogP contribution in [-0.4, -0.2) is 29.2 Å². The molecule has 5 nitrogen and oxygen atoms in total. The average molecular weight is 236 g/mol. The Morgan fingerprint density at radius 2 is 2.12 bits per heavy atom. The van der Waals surface area contributed by atoms with E-state index in [1.165, 1.54) is 12.4 Å². The first kappa shape index (κ1) is 13.6. The summed E-state index contributed by atoms with van der Waals surface area (Å²) >= 11 is 0. The Labute approximate surface area is 102 Å². The van der Waals surface area contributed by atoms with Crippen molar-refractivity contribution in [3.05, 3.63) is 24.0 Å². The van der Waals surface area contributed by atoms with Crippen LogP contribution >= 0.6 is 0 Å². The summed E-state index contributed by atoms with van der Waals surface area (Å²) < 4.78 is 0. The third kappa shape index (κ3) is 3.49. The lowest BCUT2D eigenvalue weighted by atomic mass is 9.82. The Morgan fingerprint density at radius 3 is 2.59 bits per heavy atom. The van der Waals surface area contributed by atoms with Crippen LogP contribution in [0.3, 0.4) is 0 Å². The van der Waals surface area contributed by atoms with Gasteiger partial charge in [-0.1, -0.05) is 13.8 Å². The van der Waals surface area contributed by atoms with Crippen LogP contribution in [0.15, 0.2) is 18.5 Å². The minimum Gasteiger partial charge on any atom is -0.351 e. The number of aromatic nitrogens is 2. The highest BCUT2D eigenvalue weighted by atomic mass is 16.1. The van der Waals surface area contributed by atoms with Gasteiger partial charge in [0.2, 0.25) is 0 Å². The van der Waals surface area contributed by atoms with Gasteiger partial charge in [-0.3, -0.25) is 4.79 Å². The zero-order valence-electron chi connectivity index (χ0n) is 10.4. The van der Waals surface area contributed by atoms with E-state index in [0.717, 1.165) is 12.8 Å². The quantitative estimate of drug-likeness (QED) is 0.771. The zero-order chi connectivity index (χ0) is 12.7. The van der Waals surface area contributed by atoms with Crippen molar-refractivity contribution in [2.75, 3.05) is 13.1 Å². The molecule has 0 aliphatic heterocycles. The molecule has 0 bridgehead atoms. The summed E-state index contributed by atoms with van der Waals surface area (Å²) in [6, 6.07) is 1.64. The predicted molar refractivity (Wildman–Crippen MR) is 66.4 cm³/mol. The molecular weight excluding hydrogens is 216 g/mol. The molecule has 0 aliphatic carbocycles. The van der Waals surface area contributed by atoms with Gasteiger partial charge >= 0.3 is 0 Å². The lowest BCUT2D eigenvalue weighted by molar-refractivity contribution is 0.0927. The topological polar surface area (TPSA) is 80.9 Å². The molecule has 1 rings (SSSR count). The maximum absolute atomic E-state index is 11.8. The lowest BCUT2D eigenvalue weighted by Crippen LogP contribution is -2.41. The maximum Gasteiger partial charge on any atom is 0.252 e. The van der Waals surface area contributed by atoms with Gasteiger partial charge in [0.15, 0.2) is 0 Å². The highest BCUT2D eigenvalue weighted by molar-refractivity contribution is 5.93. The highest BCUT2D eigenvalue weighted by Crippen LogP contribution is 2.23. The van der Waals surface area contributed by atoms with Gasteiger partial charge in [-0.05, 0) is 30.9 Å². The van der Waals surface area contributed by atoms with Gasteiger partial charge in [0.25, 0.3) is 5.91 Å². The minimum absolute atomic E-state index is 0.00385. The van der Waals surface area contributed by atoms with E-state index in [2.05, 4.69) is 29.4 Å². The first-order chi connectivity index (χ1) is 8.17. The number of nitrogens with one attached hydrogen (secondary N) is 1. The third-order valence-corrected chi connectivity index (χ3v) is 3.40. The second-order valence-corrected chi connectivity index (χ2v) is 4.23. The Morgan fingerprint density at radius 1 is 1.41 bits per heavy atom. The van der Waals surface area contributed by atoms with Gasteiger partial charge < -0.3 is 11.1 Å². The van der Waals surface area contributed by atoms with E-state index in [-0.39, 0.29) is 11.3 Å². The number of carbonyl (C=O) groups is 1. The highest BCUT2D eigenvalue weighted by Gasteiger charge is 2.25. The van der Waals surface area contributed by atoms with Crippen LogP contribution in [0.4, 0.5) is 0 Å². The number of hydrogen-bond acceptors (Lipinski definition) is 4. The standard InChI is InChI=1S/C12H20N4O/c1-3-12(4-2,8-13)9-14-11(17)10-5-6-15-16-7-10/h5-7H,3-4,8-9,13H2,1-2H3,(H,14,17). The molecule has 0 fully saturated rings. The molecule has 5 heteroatoms. The van der Waals surface area contributed by atoms with Crippen LogP contribution in [-0.2, 0) is 0 Å². The summed E-state index contributed by atoms with van der Waals surface area (Å²) in [6.45, 7) is 5.36. The van der Waals surface area contributed by atoms with Crippen LogP contribution in [0.2, 0.25) is 0 Å². The molecule has 0 aliphatic rings. The van der Waals surface area contributed by atoms with Crippen molar-refractivity contribution in [2.45, 2.75) is 26.7 Å². The summed E-state index contributed by atoms with van der Waals surface area (Å²) in [5.74, 6) is -0.125. The summed E-state index contributed by atoms with van der Waals surface area (Å²) in [6.07, 6.45) is 4.87. The van der Waals surface area contributed by atoms with E-state index in [9.17, 15) is 4.79 Å². The van der Waals surface area contributed by atoms with Crippen molar-refractivity contribution in [1.82, 2.24) is 15.5 Å². The Balaban J connectivity index is 2.59. The second-order valence-electron chi connectivity index (χ2n) is 4.23. The Kier molecular flexibility index (Phi) is 5.03. The van der Waals surface area contributed by atoms with Gasteiger partial charge in [0.1, 0.15) is 0 Å². The number of rotatable bonds is 6. The molecule has 94 valence electrons. The molecule has 1 aromatic rings. The van der Waals surface area contributed by atoms with Gasteiger partial charge in [0.05, 0.1) is 18.0 Å². The molecule has 1 amide bonds. The van der Waals surface area contributed by atoms with Gasteiger partial charge in [-0.15, -0.1) is 0 Å². The van der Waals surface area contributed by atoms with E-state index in [0.29, 0.717) is 18.7 Å². The maximum atomic E-state index is 11.8. The molecule has 0 radical (unpaired) electrons. The molecule has 0 atom stereocenters. The van der Waals surface area contributed by atoms with Crippen molar-refractivity contribution in [2.24, 2.45) is 11.1 Å². The Hall–Kier alpha value is -1.49. The summed E-state index contributed by atoms with van der Waals surface area (Å²) in [7, 11) is 0. The van der Waals surface area contributed by atoms with Crippen molar-refractivity contribution in [3.63, 3.8) is 0 Å². The molecule has 17 heavy (non-hydrogen) atoms. The molecular formula is C12H20N4O. The van der Waals surface area contributed by atoms with Gasteiger partial charge in [0, 0.05) is 6.54 Å². The summed E-state index contributed by atoms with van der Waals surface area (Å²) in [5, 5.41) is 10.2. The van der Waals surface area contributed by atoms with Crippen LogP contribution < -0.4 is 11.1 Å². The third-order valence-electron chi connectivity index (χ3n) is 3.40. The fraction of sp³-hybridized carbons (Fsp3) is 0.583. The van der Waals surface area contributed by atoms with Crippen LogP contribution in [0, 0.1) is 5.41 Å². The minimum atomic E-state index is -0.125. The van der Waals surface area contributed by atoms with Crippen molar-refractivity contribution < 1.29 is 4.79 Å². The fourth-order valence-corrected chi connectivity index (χ4v) is 1.66. The zero-order valence-corrected chi connectivity index (χ0v) is 10.4. The van der Waals surface area contributed by atoms with Crippen molar-refractivity contribution in [1.29, 1.82) is 0 Å². The van der Waals surface area contributed by atoms with E-state index >= 15 is 0 Å². The molecule has 0 spiro atoms. The largest absolute Gasteiger partial charge is 0.351 e. The summed E-state index contributed by atoms with van der Waals surface area (Å²) in [4.78, 5) is 11.8. The first-order valence-corrected chi connectivity index (χ1v) is 5.92. The number of hydrogen-bond donors (Lipinski definition) is 2. The van der Waals surface area contributed by atoms with Crippen LogP contribution in [0.5, 0.6) is 0 Å². The predicted octanol–water partition coefficient (Wildman–Crippen LogP) is 0.971.